The number of rotatable bonds is 1. The van der Waals surface area contributed by atoms with Crippen LogP contribution in [0.25, 0.3) is 21.9 Å². The molecule has 2 N–H and O–H groups in total. The first kappa shape index (κ1) is 14.8. The maximum atomic E-state index is 14.1. The molecule has 1 aromatic carbocycles. The van der Waals surface area contributed by atoms with Crippen LogP contribution in [0.15, 0.2) is 12.3 Å². The SMILES string of the molecule is CN(C(=O)O)c1c(F)c(F)cc2c1[nH]c1ncc(Cl)c(Cl)c12. The van der Waals surface area contributed by atoms with Crippen LogP contribution in [0.1, 0.15) is 0 Å². The molecule has 0 atom stereocenters. The minimum absolute atomic E-state index is 0.0652. The predicted octanol–water partition coefficient (Wildman–Crippen LogP) is 4.42. The molecular weight excluding hydrogens is 339 g/mol. The molecule has 0 spiro atoms. The first-order valence-electron chi connectivity index (χ1n) is 5.93. The maximum Gasteiger partial charge on any atom is 0.411 e. The number of H-pyrrole nitrogens is 1. The number of benzene rings is 1. The van der Waals surface area contributed by atoms with Crippen molar-refractivity contribution < 1.29 is 18.7 Å². The van der Waals surface area contributed by atoms with Gasteiger partial charge in [0.05, 0.1) is 15.6 Å². The Morgan fingerprint density at radius 3 is 2.73 bits per heavy atom. The number of nitrogens with one attached hydrogen (secondary N) is 1. The van der Waals surface area contributed by atoms with Crippen LogP contribution in [0.2, 0.25) is 10.0 Å². The van der Waals surface area contributed by atoms with Crippen LogP contribution < -0.4 is 4.90 Å². The molecule has 0 fully saturated rings. The van der Waals surface area contributed by atoms with Gasteiger partial charge in [0.25, 0.3) is 0 Å². The van der Waals surface area contributed by atoms with E-state index in [2.05, 4.69) is 9.97 Å². The van der Waals surface area contributed by atoms with Crippen LogP contribution >= 0.6 is 23.2 Å². The van der Waals surface area contributed by atoms with E-state index in [-0.39, 0.29) is 26.6 Å². The largest absolute Gasteiger partial charge is 0.465 e. The standard InChI is InChI=1S/C13H7Cl2F2N3O2/c1-20(13(21)22)11-9(17)6(16)2-4-7-8(15)5(14)3-18-12(7)19-10(4)11/h2-3H,1H3,(H,18,19)(H,21,22). The summed E-state index contributed by atoms with van der Waals surface area (Å²) in [6.07, 6.45) is -0.156. The highest BCUT2D eigenvalue weighted by Gasteiger charge is 2.24. The minimum atomic E-state index is -1.44. The summed E-state index contributed by atoms with van der Waals surface area (Å²) in [5.74, 6) is -2.49. The van der Waals surface area contributed by atoms with Crippen molar-refractivity contribution in [3.63, 3.8) is 0 Å². The van der Waals surface area contributed by atoms with Gasteiger partial charge in [-0.2, -0.15) is 0 Å². The van der Waals surface area contributed by atoms with Crippen LogP contribution in [0.4, 0.5) is 19.3 Å². The Morgan fingerprint density at radius 1 is 1.41 bits per heavy atom. The monoisotopic (exact) mass is 345 g/mol. The smallest absolute Gasteiger partial charge is 0.411 e. The van der Waals surface area contributed by atoms with Gasteiger partial charge in [0.1, 0.15) is 11.3 Å². The number of pyridine rings is 1. The molecule has 22 heavy (non-hydrogen) atoms. The average molecular weight is 346 g/mol. The van der Waals surface area contributed by atoms with Gasteiger partial charge in [-0.3, -0.25) is 4.90 Å². The average Bonchev–Trinajstić information content (AvgIpc) is 2.82. The third-order valence-electron chi connectivity index (χ3n) is 3.30. The zero-order valence-electron chi connectivity index (χ0n) is 10.9. The highest BCUT2D eigenvalue weighted by atomic mass is 35.5. The first-order valence-corrected chi connectivity index (χ1v) is 6.68. The summed E-state index contributed by atoms with van der Waals surface area (Å²) in [6, 6.07) is 0.923. The summed E-state index contributed by atoms with van der Waals surface area (Å²) >= 11 is 12.0. The molecule has 0 aliphatic carbocycles. The molecule has 3 rings (SSSR count). The molecule has 5 nitrogen and oxygen atoms in total. The summed E-state index contributed by atoms with van der Waals surface area (Å²) in [6.45, 7) is 0. The number of carboxylic acid groups (broad SMARTS) is 1. The fourth-order valence-corrected chi connectivity index (χ4v) is 2.66. The second-order valence-corrected chi connectivity index (χ2v) is 5.34. The fraction of sp³-hybridized carbons (Fsp3) is 0.0769. The maximum absolute atomic E-state index is 14.1. The Bertz CT molecular complexity index is 942. The Kier molecular flexibility index (Phi) is 3.34. The molecule has 9 heteroatoms. The van der Waals surface area contributed by atoms with E-state index in [0.717, 1.165) is 13.1 Å². The molecule has 2 heterocycles. The van der Waals surface area contributed by atoms with Crippen molar-refractivity contribution >= 4 is 56.9 Å². The lowest BCUT2D eigenvalue weighted by molar-refractivity contribution is 0.203. The fourth-order valence-electron chi connectivity index (χ4n) is 2.27. The Balaban J connectivity index is 2.53. The van der Waals surface area contributed by atoms with Crippen LogP contribution in [-0.2, 0) is 0 Å². The summed E-state index contributed by atoms with van der Waals surface area (Å²) in [7, 11) is 1.10. The lowest BCUT2D eigenvalue weighted by atomic mass is 10.1. The van der Waals surface area contributed by atoms with Gasteiger partial charge >= 0.3 is 6.09 Å². The minimum Gasteiger partial charge on any atom is -0.465 e. The normalized spacial score (nSPS) is 11.3. The van der Waals surface area contributed by atoms with Crippen LogP contribution in [-0.4, -0.2) is 28.2 Å². The van der Waals surface area contributed by atoms with E-state index in [1.54, 1.807) is 0 Å². The highest BCUT2D eigenvalue weighted by Crippen LogP contribution is 2.39. The molecule has 0 radical (unpaired) electrons. The van der Waals surface area contributed by atoms with E-state index in [4.69, 9.17) is 28.3 Å². The van der Waals surface area contributed by atoms with Crippen molar-refractivity contribution in [3.05, 3.63) is 33.9 Å². The lowest BCUT2D eigenvalue weighted by Crippen LogP contribution is -2.25. The molecule has 3 aromatic rings. The van der Waals surface area contributed by atoms with Crippen molar-refractivity contribution in [1.82, 2.24) is 9.97 Å². The van der Waals surface area contributed by atoms with Gasteiger partial charge in [0.15, 0.2) is 11.6 Å². The van der Waals surface area contributed by atoms with Crippen LogP contribution in [0, 0.1) is 11.6 Å². The Labute approximate surface area is 132 Å². The third-order valence-corrected chi connectivity index (χ3v) is 4.08. The first-order chi connectivity index (χ1) is 10.3. The number of fused-ring (bicyclic) bond motifs is 3. The van der Waals surface area contributed by atoms with E-state index in [1.165, 1.54) is 6.20 Å². The zero-order chi connectivity index (χ0) is 16.2. The molecular formula is C13H7Cl2F2N3O2. The number of halogens is 4. The molecule has 0 saturated carbocycles. The van der Waals surface area contributed by atoms with E-state index in [9.17, 15) is 13.6 Å². The summed E-state index contributed by atoms with van der Waals surface area (Å²) in [4.78, 5) is 18.4. The molecule has 0 saturated heterocycles. The summed E-state index contributed by atoms with van der Waals surface area (Å²) in [5, 5.41) is 9.79. The second-order valence-electron chi connectivity index (χ2n) is 4.55. The quantitative estimate of drug-likeness (QED) is 0.686. The van der Waals surface area contributed by atoms with Crippen molar-refractivity contribution in [1.29, 1.82) is 0 Å². The van der Waals surface area contributed by atoms with E-state index in [1.807, 2.05) is 0 Å². The second kappa shape index (κ2) is 4.96. The van der Waals surface area contributed by atoms with Gasteiger partial charge in [-0.05, 0) is 6.07 Å². The molecule has 0 aliphatic rings. The van der Waals surface area contributed by atoms with Crippen LogP contribution in [0.5, 0.6) is 0 Å². The van der Waals surface area contributed by atoms with Crippen molar-refractivity contribution in [2.45, 2.75) is 0 Å². The van der Waals surface area contributed by atoms with Gasteiger partial charge < -0.3 is 10.1 Å². The topological polar surface area (TPSA) is 69.2 Å². The number of hydrogen-bond donors (Lipinski definition) is 2. The number of carbonyl (C=O) groups is 1. The number of amides is 1. The van der Waals surface area contributed by atoms with Gasteiger partial charge in [0.2, 0.25) is 0 Å². The molecule has 1 amide bonds. The van der Waals surface area contributed by atoms with Crippen molar-refractivity contribution in [3.8, 4) is 0 Å². The molecule has 0 bridgehead atoms. The van der Waals surface area contributed by atoms with Gasteiger partial charge in [-0.1, -0.05) is 23.2 Å². The third kappa shape index (κ3) is 1.97. The number of anilines is 1. The van der Waals surface area contributed by atoms with Gasteiger partial charge in [-0.25, -0.2) is 18.6 Å². The number of hydrogen-bond acceptors (Lipinski definition) is 2. The number of aromatic nitrogens is 2. The van der Waals surface area contributed by atoms with Crippen LogP contribution in [0.3, 0.4) is 0 Å². The predicted molar refractivity (Wildman–Crippen MR) is 80.0 cm³/mol. The molecule has 0 unspecified atom stereocenters. The molecule has 114 valence electrons. The summed E-state index contributed by atoms with van der Waals surface area (Å²) < 4.78 is 27.9. The number of aromatic amines is 1. The van der Waals surface area contributed by atoms with Gasteiger partial charge in [0, 0.05) is 24.0 Å². The lowest BCUT2D eigenvalue weighted by Gasteiger charge is -2.15. The van der Waals surface area contributed by atoms with E-state index in [0.29, 0.717) is 10.3 Å². The van der Waals surface area contributed by atoms with Gasteiger partial charge in [-0.15, -0.1) is 0 Å². The zero-order valence-corrected chi connectivity index (χ0v) is 12.4. The van der Waals surface area contributed by atoms with E-state index >= 15 is 0 Å². The Morgan fingerprint density at radius 2 is 2.09 bits per heavy atom. The Hall–Kier alpha value is -2.12. The number of nitrogens with zero attached hydrogens (tertiary/aromatic N) is 2. The van der Waals surface area contributed by atoms with E-state index < -0.39 is 23.4 Å². The van der Waals surface area contributed by atoms with Crippen molar-refractivity contribution in [2.75, 3.05) is 11.9 Å². The molecule has 2 aromatic heterocycles. The highest BCUT2D eigenvalue weighted by molar-refractivity contribution is 6.46. The van der Waals surface area contributed by atoms with Crippen molar-refractivity contribution in [2.24, 2.45) is 0 Å². The molecule has 0 aliphatic heterocycles. The summed E-state index contributed by atoms with van der Waals surface area (Å²) in [5.41, 5.74) is -0.141.